The van der Waals surface area contributed by atoms with E-state index in [0.29, 0.717) is 14.9 Å². The van der Waals surface area contributed by atoms with E-state index in [1.807, 2.05) is 25.1 Å². The summed E-state index contributed by atoms with van der Waals surface area (Å²) in [5.41, 5.74) is 1.41. The normalized spacial score (nSPS) is 10.4. The number of halogens is 2. The molecule has 0 aliphatic carbocycles. The van der Waals surface area contributed by atoms with Crippen LogP contribution >= 0.6 is 31.9 Å². The molecule has 2 rings (SSSR count). The molecule has 0 saturated heterocycles. The number of carbonyl (C=O) groups is 1. The third-order valence-electron chi connectivity index (χ3n) is 2.23. The number of benzene rings is 1. The number of imidazole rings is 1. The van der Waals surface area contributed by atoms with Crippen molar-refractivity contribution in [3.05, 3.63) is 50.9 Å². The number of hydrogen-bond donors (Lipinski definition) is 0. The van der Waals surface area contributed by atoms with Crippen LogP contribution in [0, 0.1) is 6.92 Å². The Morgan fingerprint density at radius 2 is 1.88 bits per heavy atom. The van der Waals surface area contributed by atoms with Gasteiger partial charge in [-0.1, -0.05) is 18.2 Å². The summed E-state index contributed by atoms with van der Waals surface area (Å²) in [6.45, 7) is 1.84. The fourth-order valence-electron chi connectivity index (χ4n) is 1.39. The van der Waals surface area contributed by atoms with Gasteiger partial charge in [-0.2, -0.15) is 0 Å². The molecule has 0 atom stereocenters. The van der Waals surface area contributed by atoms with Crippen LogP contribution in [0.4, 0.5) is 0 Å². The first-order valence-electron chi connectivity index (χ1n) is 4.61. The van der Waals surface area contributed by atoms with Crippen LogP contribution in [0.1, 0.15) is 16.1 Å². The predicted octanol–water partition coefficient (Wildman–Crippen LogP) is 3.41. The molecular formula is C11H8Br2N2O. The van der Waals surface area contributed by atoms with Gasteiger partial charge in [0.2, 0.25) is 0 Å². The monoisotopic (exact) mass is 342 g/mol. The lowest BCUT2D eigenvalue weighted by atomic mass is 10.2. The van der Waals surface area contributed by atoms with Crippen molar-refractivity contribution in [1.82, 2.24) is 9.55 Å². The van der Waals surface area contributed by atoms with E-state index in [1.54, 1.807) is 12.1 Å². The van der Waals surface area contributed by atoms with E-state index in [0.717, 1.165) is 5.69 Å². The van der Waals surface area contributed by atoms with E-state index >= 15 is 0 Å². The minimum atomic E-state index is -0.0943. The van der Waals surface area contributed by atoms with Crippen LogP contribution in [0.3, 0.4) is 0 Å². The molecule has 82 valence electrons. The highest BCUT2D eigenvalue weighted by Crippen LogP contribution is 2.22. The maximum Gasteiger partial charge on any atom is 0.264 e. The molecule has 0 aliphatic rings. The zero-order valence-electron chi connectivity index (χ0n) is 8.45. The van der Waals surface area contributed by atoms with Crippen LogP contribution in [-0.4, -0.2) is 15.5 Å². The molecule has 0 bridgehead atoms. The second kappa shape index (κ2) is 4.51. The van der Waals surface area contributed by atoms with E-state index in [1.165, 1.54) is 4.57 Å². The van der Waals surface area contributed by atoms with Crippen LogP contribution in [0.15, 0.2) is 39.7 Å². The van der Waals surface area contributed by atoms with Crippen LogP contribution < -0.4 is 0 Å². The van der Waals surface area contributed by atoms with Gasteiger partial charge < -0.3 is 0 Å². The third kappa shape index (κ3) is 1.97. The lowest BCUT2D eigenvalue weighted by molar-refractivity contribution is 0.0955. The molecule has 3 nitrogen and oxygen atoms in total. The Morgan fingerprint density at radius 1 is 1.25 bits per heavy atom. The smallest absolute Gasteiger partial charge is 0.264 e. The Balaban J connectivity index is 2.50. The molecule has 5 heteroatoms. The molecule has 0 aliphatic heterocycles. The minimum Gasteiger partial charge on any atom is -0.268 e. The fraction of sp³-hybridized carbons (Fsp3) is 0.0909. The van der Waals surface area contributed by atoms with Crippen molar-refractivity contribution in [2.24, 2.45) is 0 Å². The van der Waals surface area contributed by atoms with Gasteiger partial charge in [-0.3, -0.25) is 9.36 Å². The number of hydrogen-bond acceptors (Lipinski definition) is 2. The second-order valence-electron chi connectivity index (χ2n) is 3.26. The molecule has 0 spiro atoms. The second-order valence-corrected chi connectivity index (χ2v) is 4.72. The summed E-state index contributed by atoms with van der Waals surface area (Å²) in [6.07, 6.45) is 0. The first kappa shape index (κ1) is 11.5. The van der Waals surface area contributed by atoms with E-state index < -0.39 is 0 Å². The number of carbonyl (C=O) groups excluding carboxylic acids is 1. The number of aromatic nitrogens is 2. The summed E-state index contributed by atoms with van der Waals surface area (Å²) in [7, 11) is 0. The zero-order chi connectivity index (χ0) is 11.7. The molecule has 16 heavy (non-hydrogen) atoms. The molecule has 0 saturated carbocycles. The maximum absolute atomic E-state index is 12.2. The lowest BCUT2D eigenvalue weighted by Crippen LogP contribution is -2.13. The SMILES string of the molecule is Cc1c(Br)nc(Br)n1C(=O)c1ccccc1. The standard InChI is InChI=1S/C11H8Br2N2O/c1-7-9(12)14-11(13)15(7)10(16)8-5-3-2-4-6-8/h2-6H,1H3. The van der Waals surface area contributed by atoms with Crippen molar-refractivity contribution in [2.75, 3.05) is 0 Å². The predicted molar refractivity (Wildman–Crippen MR) is 68.5 cm³/mol. The lowest BCUT2D eigenvalue weighted by Gasteiger charge is -2.04. The van der Waals surface area contributed by atoms with Crippen molar-refractivity contribution in [3.63, 3.8) is 0 Å². The molecule has 0 unspecified atom stereocenters. The van der Waals surface area contributed by atoms with Crippen LogP contribution in [0.25, 0.3) is 0 Å². The molecule has 0 fully saturated rings. The van der Waals surface area contributed by atoms with Crippen LogP contribution in [0.5, 0.6) is 0 Å². The summed E-state index contributed by atoms with van der Waals surface area (Å²) < 4.78 is 2.70. The summed E-state index contributed by atoms with van der Waals surface area (Å²) in [5.74, 6) is -0.0943. The number of nitrogens with zero attached hydrogens (tertiary/aromatic N) is 2. The summed E-state index contributed by atoms with van der Waals surface area (Å²) in [4.78, 5) is 16.3. The molecule has 2 aromatic rings. The van der Waals surface area contributed by atoms with E-state index in [9.17, 15) is 4.79 Å². The van der Waals surface area contributed by atoms with Crippen molar-refractivity contribution in [3.8, 4) is 0 Å². The van der Waals surface area contributed by atoms with Gasteiger partial charge in [-0.05, 0) is 50.9 Å². The zero-order valence-corrected chi connectivity index (χ0v) is 11.6. The Labute approximate surface area is 110 Å². The van der Waals surface area contributed by atoms with Gasteiger partial charge in [0, 0.05) is 5.56 Å². The van der Waals surface area contributed by atoms with Crippen molar-refractivity contribution >= 4 is 37.8 Å². The van der Waals surface area contributed by atoms with Crippen LogP contribution in [-0.2, 0) is 0 Å². The fourth-order valence-corrected chi connectivity index (χ4v) is 2.58. The van der Waals surface area contributed by atoms with E-state index in [2.05, 4.69) is 36.8 Å². The molecule has 0 radical (unpaired) electrons. The van der Waals surface area contributed by atoms with Gasteiger partial charge in [0.15, 0.2) is 4.73 Å². The average molecular weight is 344 g/mol. The highest BCUT2D eigenvalue weighted by Gasteiger charge is 2.17. The van der Waals surface area contributed by atoms with Crippen molar-refractivity contribution < 1.29 is 4.79 Å². The summed E-state index contributed by atoms with van der Waals surface area (Å²) >= 11 is 6.56. The molecule has 0 amide bonds. The van der Waals surface area contributed by atoms with Gasteiger partial charge in [-0.25, -0.2) is 4.98 Å². The van der Waals surface area contributed by atoms with Crippen molar-refractivity contribution in [2.45, 2.75) is 6.92 Å². The Kier molecular flexibility index (Phi) is 3.25. The van der Waals surface area contributed by atoms with Crippen LogP contribution in [0.2, 0.25) is 0 Å². The Morgan fingerprint density at radius 3 is 2.38 bits per heavy atom. The summed E-state index contributed by atoms with van der Waals surface area (Å²) in [5, 5.41) is 0. The van der Waals surface area contributed by atoms with E-state index in [-0.39, 0.29) is 5.91 Å². The van der Waals surface area contributed by atoms with Gasteiger partial charge in [-0.15, -0.1) is 0 Å². The molecule has 0 N–H and O–H groups in total. The quantitative estimate of drug-likeness (QED) is 0.795. The maximum atomic E-state index is 12.2. The van der Waals surface area contributed by atoms with E-state index in [4.69, 9.17) is 0 Å². The van der Waals surface area contributed by atoms with Gasteiger partial charge in [0.05, 0.1) is 5.69 Å². The minimum absolute atomic E-state index is 0.0943. The first-order valence-corrected chi connectivity index (χ1v) is 6.20. The molecule has 1 aromatic heterocycles. The summed E-state index contributed by atoms with van der Waals surface area (Å²) in [6, 6.07) is 9.11. The largest absolute Gasteiger partial charge is 0.268 e. The topological polar surface area (TPSA) is 34.9 Å². The third-order valence-corrected chi connectivity index (χ3v) is 3.52. The molecular weight excluding hydrogens is 336 g/mol. The van der Waals surface area contributed by atoms with Gasteiger partial charge >= 0.3 is 0 Å². The Bertz CT molecular complexity index is 534. The average Bonchev–Trinajstić information content (AvgIpc) is 2.54. The Hall–Kier alpha value is -0.940. The first-order chi connectivity index (χ1) is 7.61. The number of rotatable bonds is 1. The highest BCUT2D eigenvalue weighted by molar-refractivity contribution is 9.11. The van der Waals surface area contributed by atoms with Crippen molar-refractivity contribution in [1.29, 1.82) is 0 Å². The van der Waals surface area contributed by atoms with Gasteiger partial charge in [0.1, 0.15) is 4.60 Å². The molecule has 1 heterocycles. The molecule has 1 aromatic carbocycles. The van der Waals surface area contributed by atoms with Gasteiger partial charge in [0.25, 0.3) is 5.91 Å². The highest BCUT2D eigenvalue weighted by atomic mass is 79.9.